The summed E-state index contributed by atoms with van der Waals surface area (Å²) in [6, 6.07) is 8.32. The van der Waals surface area contributed by atoms with E-state index in [1.54, 1.807) is 0 Å². The molecule has 1 aromatic carbocycles. The molecule has 2 rings (SSSR count). The maximum atomic E-state index is 6.17. The van der Waals surface area contributed by atoms with Crippen LogP contribution in [-0.2, 0) is 17.9 Å². The number of likely N-dealkylation sites (tertiary alicyclic amines) is 1. The zero-order chi connectivity index (χ0) is 15.8. The Bertz CT molecular complexity index is 493. The molecule has 0 bridgehead atoms. The lowest BCUT2D eigenvalue weighted by atomic mass is 10.0. The van der Waals surface area contributed by atoms with E-state index in [4.69, 9.17) is 10.5 Å². The predicted octanol–water partition coefficient (Wildman–Crippen LogP) is 3.78. The van der Waals surface area contributed by atoms with E-state index in [2.05, 4.69) is 35.9 Å². The first-order valence-electron chi connectivity index (χ1n) is 8.40. The Hall–Kier alpha value is -0.820. The van der Waals surface area contributed by atoms with Gasteiger partial charge in [-0.2, -0.15) is 0 Å². The van der Waals surface area contributed by atoms with Gasteiger partial charge in [-0.25, -0.2) is 4.99 Å². The first kappa shape index (κ1) is 20.2. The molecule has 0 aliphatic carbocycles. The lowest BCUT2D eigenvalue weighted by molar-refractivity contribution is 0.121. The van der Waals surface area contributed by atoms with E-state index in [9.17, 15) is 0 Å². The molecule has 1 aliphatic heterocycles. The van der Waals surface area contributed by atoms with Crippen LogP contribution in [0, 0.1) is 5.92 Å². The van der Waals surface area contributed by atoms with Crippen LogP contribution in [0.15, 0.2) is 29.3 Å². The zero-order valence-electron chi connectivity index (χ0n) is 14.3. The van der Waals surface area contributed by atoms with Gasteiger partial charge in [0.2, 0.25) is 0 Å². The molecule has 1 aliphatic rings. The second-order valence-corrected chi connectivity index (χ2v) is 6.19. The summed E-state index contributed by atoms with van der Waals surface area (Å²) in [6.45, 7) is 8.53. The first-order chi connectivity index (χ1) is 10.7. The third kappa shape index (κ3) is 6.67. The number of nitrogens with two attached hydrogens (primary N) is 1. The van der Waals surface area contributed by atoms with Crippen molar-refractivity contribution in [2.75, 3.05) is 19.7 Å². The van der Waals surface area contributed by atoms with Crippen molar-refractivity contribution in [1.29, 1.82) is 0 Å². The van der Waals surface area contributed by atoms with Crippen molar-refractivity contribution in [3.63, 3.8) is 0 Å². The van der Waals surface area contributed by atoms with Crippen LogP contribution >= 0.6 is 24.0 Å². The summed E-state index contributed by atoms with van der Waals surface area (Å²) in [4.78, 5) is 6.82. The van der Waals surface area contributed by atoms with Crippen LogP contribution in [0.3, 0.4) is 0 Å². The molecule has 130 valence electrons. The van der Waals surface area contributed by atoms with Crippen molar-refractivity contribution in [2.45, 2.75) is 46.3 Å². The number of nitrogens with zero attached hydrogens (tertiary/aromatic N) is 2. The topological polar surface area (TPSA) is 50.9 Å². The lowest BCUT2D eigenvalue weighted by Gasteiger charge is -2.31. The van der Waals surface area contributed by atoms with Gasteiger partial charge < -0.3 is 15.4 Å². The molecule has 1 heterocycles. The van der Waals surface area contributed by atoms with E-state index in [1.165, 1.54) is 24.0 Å². The van der Waals surface area contributed by atoms with Crippen molar-refractivity contribution in [3.05, 3.63) is 35.4 Å². The smallest absolute Gasteiger partial charge is 0.191 e. The van der Waals surface area contributed by atoms with Gasteiger partial charge >= 0.3 is 0 Å². The highest BCUT2D eigenvalue weighted by Gasteiger charge is 2.17. The Balaban J connectivity index is 0.00000264. The van der Waals surface area contributed by atoms with Crippen molar-refractivity contribution in [2.24, 2.45) is 16.6 Å². The van der Waals surface area contributed by atoms with Gasteiger partial charge in [0.15, 0.2) is 5.96 Å². The highest BCUT2D eigenvalue weighted by Crippen LogP contribution is 2.16. The zero-order valence-corrected chi connectivity index (χ0v) is 16.7. The maximum absolute atomic E-state index is 6.17. The van der Waals surface area contributed by atoms with Crippen molar-refractivity contribution >= 4 is 29.9 Å². The molecule has 2 N–H and O–H groups in total. The molecular weight excluding hydrogens is 401 g/mol. The van der Waals surface area contributed by atoms with E-state index < -0.39 is 0 Å². The highest BCUT2D eigenvalue weighted by atomic mass is 127. The Labute approximate surface area is 157 Å². The van der Waals surface area contributed by atoms with Gasteiger partial charge in [-0.05, 0) is 36.3 Å². The fourth-order valence-corrected chi connectivity index (χ4v) is 2.84. The van der Waals surface area contributed by atoms with Crippen molar-refractivity contribution in [1.82, 2.24) is 4.90 Å². The van der Waals surface area contributed by atoms with Gasteiger partial charge in [0.05, 0.1) is 13.2 Å². The standard InChI is InChI=1S/C18H29N3O.HI/c1-3-11-22-14-17-9-5-4-8-16(17)12-20-18(19)21-10-6-7-15(2)13-21;/h4-5,8-9,15H,3,6-7,10-14H2,1-2H3,(H2,19,20);1H. The molecule has 0 amide bonds. The van der Waals surface area contributed by atoms with E-state index in [0.717, 1.165) is 26.1 Å². The minimum absolute atomic E-state index is 0. The summed E-state index contributed by atoms with van der Waals surface area (Å²) in [5, 5.41) is 0. The largest absolute Gasteiger partial charge is 0.377 e. The third-order valence-electron chi connectivity index (χ3n) is 4.12. The SMILES string of the molecule is CCCOCc1ccccc1CN=C(N)N1CCCC(C)C1.I. The third-order valence-corrected chi connectivity index (χ3v) is 4.12. The van der Waals surface area contributed by atoms with Gasteiger partial charge in [0, 0.05) is 19.7 Å². The Morgan fingerprint density at radius 3 is 2.78 bits per heavy atom. The predicted molar refractivity (Wildman–Crippen MR) is 107 cm³/mol. The van der Waals surface area contributed by atoms with Gasteiger partial charge in [-0.15, -0.1) is 24.0 Å². The summed E-state index contributed by atoms with van der Waals surface area (Å²) in [5.41, 5.74) is 8.58. The minimum Gasteiger partial charge on any atom is -0.377 e. The van der Waals surface area contributed by atoms with Gasteiger partial charge in [-0.3, -0.25) is 0 Å². The average Bonchev–Trinajstić information content (AvgIpc) is 2.54. The quantitative estimate of drug-likeness (QED) is 0.323. The average molecular weight is 431 g/mol. The number of ether oxygens (including phenoxy) is 1. The van der Waals surface area contributed by atoms with Gasteiger partial charge in [0.1, 0.15) is 0 Å². The number of hydrogen-bond donors (Lipinski definition) is 1. The second kappa shape index (κ2) is 10.9. The number of hydrogen-bond acceptors (Lipinski definition) is 2. The normalized spacial score (nSPS) is 18.6. The van der Waals surface area contributed by atoms with Crippen LogP contribution < -0.4 is 5.73 Å². The molecule has 1 atom stereocenters. The molecule has 0 spiro atoms. The fourth-order valence-electron chi connectivity index (χ4n) is 2.84. The Morgan fingerprint density at radius 1 is 1.35 bits per heavy atom. The molecule has 23 heavy (non-hydrogen) atoms. The van der Waals surface area contributed by atoms with Crippen molar-refractivity contribution in [3.8, 4) is 0 Å². The number of guanidine groups is 1. The van der Waals surface area contributed by atoms with Gasteiger partial charge in [-0.1, -0.05) is 38.1 Å². The molecule has 1 aromatic rings. The molecule has 5 heteroatoms. The number of rotatable bonds is 6. The molecule has 1 unspecified atom stereocenters. The lowest BCUT2D eigenvalue weighted by Crippen LogP contribution is -2.43. The molecular formula is C18H30IN3O. The van der Waals surface area contributed by atoms with Crippen LogP contribution in [0.4, 0.5) is 0 Å². The second-order valence-electron chi connectivity index (χ2n) is 6.19. The van der Waals surface area contributed by atoms with Gasteiger partial charge in [0.25, 0.3) is 0 Å². The summed E-state index contributed by atoms with van der Waals surface area (Å²) >= 11 is 0. The number of halogens is 1. The highest BCUT2D eigenvalue weighted by molar-refractivity contribution is 14.0. The number of benzene rings is 1. The summed E-state index contributed by atoms with van der Waals surface area (Å²) in [5.74, 6) is 1.38. The first-order valence-corrected chi connectivity index (χ1v) is 8.40. The molecule has 0 radical (unpaired) electrons. The van der Waals surface area contributed by atoms with E-state index in [0.29, 0.717) is 25.0 Å². The summed E-state index contributed by atoms with van der Waals surface area (Å²) < 4.78 is 5.66. The number of aliphatic imine (C=N–C) groups is 1. The van der Waals surface area contributed by atoms with Crippen LogP contribution in [0.5, 0.6) is 0 Å². The molecule has 1 fully saturated rings. The Kier molecular flexibility index (Phi) is 9.55. The fraction of sp³-hybridized carbons (Fsp3) is 0.611. The molecule has 1 saturated heterocycles. The van der Waals surface area contributed by atoms with Crippen molar-refractivity contribution < 1.29 is 4.74 Å². The van der Waals surface area contributed by atoms with E-state index in [1.807, 2.05) is 12.1 Å². The van der Waals surface area contributed by atoms with Crippen LogP contribution in [0.1, 0.15) is 44.2 Å². The monoisotopic (exact) mass is 431 g/mol. The van der Waals surface area contributed by atoms with E-state index in [-0.39, 0.29) is 24.0 Å². The number of piperidine rings is 1. The molecule has 4 nitrogen and oxygen atoms in total. The maximum Gasteiger partial charge on any atom is 0.191 e. The van der Waals surface area contributed by atoms with Crippen LogP contribution in [0.2, 0.25) is 0 Å². The Morgan fingerprint density at radius 2 is 2.09 bits per heavy atom. The molecule has 0 aromatic heterocycles. The summed E-state index contributed by atoms with van der Waals surface area (Å²) in [7, 11) is 0. The van der Waals surface area contributed by atoms with E-state index >= 15 is 0 Å². The molecule has 0 saturated carbocycles. The van der Waals surface area contributed by atoms with Crippen LogP contribution in [0.25, 0.3) is 0 Å². The summed E-state index contributed by atoms with van der Waals surface area (Å²) in [6.07, 6.45) is 3.54. The minimum atomic E-state index is 0. The van der Waals surface area contributed by atoms with Crippen LogP contribution in [-0.4, -0.2) is 30.6 Å².